The van der Waals surface area contributed by atoms with Crippen LogP contribution in [0.2, 0.25) is 0 Å². The van der Waals surface area contributed by atoms with Gasteiger partial charge in [-0.25, -0.2) is 4.39 Å². The van der Waals surface area contributed by atoms with Gasteiger partial charge in [0, 0.05) is 17.7 Å². The van der Waals surface area contributed by atoms with Crippen molar-refractivity contribution in [2.75, 3.05) is 10.1 Å². The summed E-state index contributed by atoms with van der Waals surface area (Å²) < 4.78 is 21.2. The summed E-state index contributed by atoms with van der Waals surface area (Å²) in [6, 6.07) is 3.15. The van der Waals surface area contributed by atoms with Crippen molar-refractivity contribution in [2.24, 2.45) is 0 Å². The first kappa shape index (κ1) is 8.10. The molecular weight excluding hydrogens is 272 g/mol. The molecule has 4 heteroatoms. The number of halogens is 2. The summed E-state index contributed by atoms with van der Waals surface area (Å²) in [6.07, 6.45) is 0.790. The van der Waals surface area contributed by atoms with Crippen LogP contribution in [-0.4, -0.2) is 6.61 Å². The van der Waals surface area contributed by atoms with E-state index in [4.69, 9.17) is 4.74 Å². The second-order valence-electron chi connectivity index (χ2n) is 2.60. The molecule has 1 aliphatic rings. The first-order chi connectivity index (χ1) is 5.83. The summed E-state index contributed by atoms with van der Waals surface area (Å²) in [5.41, 5.74) is 1.90. The molecule has 0 unspecified atom stereocenters. The molecule has 0 fully saturated rings. The van der Waals surface area contributed by atoms with Crippen molar-refractivity contribution in [1.29, 1.82) is 0 Å². The van der Waals surface area contributed by atoms with E-state index in [1.54, 1.807) is 6.07 Å². The van der Waals surface area contributed by atoms with E-state index in [0.717, 1.165) is 17.7 Å². The average Bonchev–Trinajstić information content (AvgIpc) is 2.54. The number of benzene rings is 1. The number of rotatable bonds is 1. The number of hydrogen-bond acceptors (Lipinski definition) is 2. The highest BCUT2D eigenvalue weighted by molar-refractivity contribution is 14.1. The van der Waals surface area contributed by atoms with Crippen LogP contribution in [0.15, 0.2) is 12.1 Å². The predicted octanol–water partition coefficient (Wildman–Crippen LogP) is 2.52. The zero-order chi connectivity index (χ0) is 8.55. The molecule has 0 saturated heterocycles. The van der Waals surface area contributed by atoms with Gasteiger partial charge in [-0.2, -0.15) is 0 Å². The van der Waals surface area contributed by atoms with Gasteiger partial charge in [0.1, 0.15) is 0 Å². The summed E-state index contributed by atoms with van der Waals surface area (Å²) in [5, 5.41) is 0. The van der Waals surface area contributed by atoms with Gasteiger partial charge < -0.3 is 8.27 Å². The molecule has 64 valence electrons. The van der Waals surface area contributed by atoms with Crippen LogP contribution in [0, 0.1) is 5.82 Å². The van der Waals surface area contributed by atoms with Gasteiger partial charge in [0.25, 0.3) is 0 Å². The molecule has 0 atom stereocenters. The van der Waals surface area contributed by atoms with Gasteiger partial charge in [0.2, 0.25) is 0 Å². The Morgan fingerprint density at radius 3 is 3.08 bits per heavy atom. The Bertz CT molecular complexity index is 316. The van der Waals surface area contributed by atoms with Gasteiger partial charge in [0.05, 0.1) is 29.5 Å². The summed E-state index contributed by atoms with van der Waals surface area (Å²) >= 11 is 2.03. The van der Waals surface area contributed by atoms with E-state index in [1.165, 1.54) is 6.07 Å². The van der Waals surface area contributed by atoms with Crippen molar-refractivity contribution in [3.05, 3.63) is 23.5 Å². The molecule has 0 aliphatic carbocycles. The minimum atomic E-state index is -0.266. The second-order valence-corrected chi connectivity index (χ2v) is 3.13. The van der Waals surface area contributed by atoms with Gasteiger partial charge in [0.15, 0.2) is 11.6 Å². The molecule has 1 aromatic carbocycles. The standard InChI is InChI=1S/C8H7FINO/c9-6-1-2-7(11-10)5-3-4-12-8(5)6/h1-2,11H,3-4H2. The van der Waals surface area contributed by atoms with E-state index in [2.05, 4.69) is 3.53 Å². The average molecular weight is 279 g/mol. The molecule has 0 spiro atoms. The van der Waals surface area contributed by atoms with Crippen molar-refractivity contribution in [3.8, 4) is 5.75 Å². The number of fused-ring (bicyclic) bond motifs is 1. The maximum absolute atomic E-state index is 13.1. The molecule has 0 aromatic heterocycles. The quantitative estimate of drug-likeness (QED) is 0.630. The maximum Gasteiger partial charge on any atom is 0.165 e. The first-order valence-electron chi connectivity index (χ1n) is 3.64. The Morgan fingerprint density at radius 2 is 2.33 bits per heavy atom. The summed E-state index contributed by atoms with van der Waals surface area (Å²) in [5.74, 6) is 0.148. The largest absolute Gasteiger partial charge is 0.490 e. The maximum atomic E-state index is 13.1. The third-order valence-electron chi connectivity index (χ3n) is 1.91. The van der Waals surface area contributed by atoms with E-state index in [0.29, 0.717) is 12.4 Å². The molecular formula is C8H7FINO. The number of ether oxygens (including phenoxy) is 1. The molecule has 1 heterocycles. The van der Waals surface area contributed by atoms with Gasteiger partial charge in [-0.05, 0) is 12.1 Å². The fourth-order valence-electron chi connectivity index (χ4n) is 1.35. The van der Waals surface area contributed by atoms with Crippen LogP contribution >= 0.6 is 22.9 Å². The topological polar surface area (TPSA) is 21.3 Å². The van der Waals surface area contributed by atoms with E-state index < -0.39 is 0 Å². The minimum absolute atomic E-state index is 0.266. The zero-order valence-electron chi connectivity index (χ0n) is 6.23. The van der Waals surface area contributed by atoms with Crippen LogP contribution in [0.4, 0.5) is 10.1 Å². The van der Waals surface area contributed by atoms with Crippen LogP contribution in [0.1, 0.15) is 5.56 Å². The van der Waals surface area contributed by atoms with Gasteiger partial charge >= 0.3 is 0 Å². The molecule has 1 N–H and O–H groups in total. The Labute approximate surface area is 83.6 Å². The lowest BCUT2D eigenvalue weighted by atomic mass is 10.1. The van der Waals surface area contributed by atoms with Crippen molar-refractivity contribution >= 4 is 28.6 Å². The summed E-state index contributed by atoms with van der Waals surface area (Å²) in [4.78, 5) is 0. The Kier molecular flexibility index (Phi) is 2.08. The van der Waals surface area contributed by atoms with E-state index in [-0.39, 0.29) is 5.82 Å². The molecule has 0 amide bonds. The van der Waals surface area contributed by atoms with Crippen molar-refractivity contribution in [2.45, 2.75) is 6.42 Å². The van der Waals surface area contributed by atoms with Crippen LogP contribution in [0.25, 0.3) is 0 Å². The SMILES string of the molecule is Fc1ccc(NI)c2c1OCC2. The predicted molar refractivity (Wildman–Crippen MR) is 53.2 cm³/mol. The molecule has 2 rings (SSSR count). The minimum Gasteiger partial charge on any atom is -0.490 e. The third-order valence-corrected chi connectivity index (χ3v) is 2.49. The van der Waals surface area contributed by atoms with Crippen molar-refractivity contribution in [1.82, 2.24) is 0 Å². The van der Waals surface area contributed by atoms with Gasteiger partial charge in [-0.3, -0.25) is 0 Å². The van der Waals surface area contributed by atoms with Crippen molar-refractivity contribution < 1.29 is 9.13 Å². The Hall–Kier alpha value is -0.520. The summed E-state index contributed by atoms with van der Waals surface area (Å²) in [7, 11) is 0. The van der Waals surface area contributed by atoms with Crippen LogP contribution < -0.4 is 8.27 Å². The molecule has 2 nitrogen and oxygen atoms in total. The van der Waals surface area contributed by atoms with E-state index in [1.807, 2.05) is 22.9 Å². The smallest absolute Gasteiger partial charge is 0.165 e. The number of nitrogens with one attached hydrogen (secondary N) is 1. The van der Waals surface area contributed by atoms with Crippen molar-refractivity contribution in [3.63, 3.8) is 0 Å². The monoisotopic (exact) mass is 279 g/mol. The highest BCUT2D eigenvalue weighted by Crippen LogP contribution is 2.34. The lowest BCUT2D eigenvalue weighted by Gasteiger charge is -2.04. The zero-order valence-corrected chi connectivity index (χ0v) is 8.39. The highest BCUT2D eigenvalue weighted by Gasteiger charge is 2.19. The third kappa shape index (κ3) is 1.14. The highest BCUT2D eigenvalue weighted by atomic mass is 127. The normalized spacial score (nSPS) is 13.8. The molecule has 12 heavy (non-hydrogen) atoms. The molecule has 1 aliphatic heterocycles. The molecule has 1 aromatic rings. The number of hydrogen-bond donors (Lipinski definition) is 1. The fourth-order valence-corrected chi connectivity index (χ4v) is 1.85. The lowest BCUT2D eigenvalue weighted by Crippen LogP contribution is -1.89. The molecule has 0 bridgehead atoms. The van der Waals surface area contributed by atoms with Gasteiger partial charge in [-0.15, -0.1) is 0 Å². The number of anilines is 1. The van der Waals surface area contributed by atoms with E-state index >= 15 is 0 Å². The van der Waals surface area contributed by atoms with Gasteiger partial charge in [-0.1, -0.05) is 0 Å². The Morgan fingerprint density at radius 1 is 1.50 bits per heavy atom. The first-order valence-corrected chi connectivity index (χ1v) is 4.71. The van der Waals surface area contributed by atoms with Crippen LogP contribution in [0.5, 0.6) is 5.75 Å². The molecule has 0 saturated carbocycles. The lowest BCUT2D eigenvalue weighted by molar-refractivity contribution is 0.339. The fraction of sp³-hybridized carbons (Fsp3) is 0.250. The van der Waals surface area contributed by atoms with Crippen LogP contribution in [-0.2, 0) is 6.42 Å². The Balaban J connectivity index is 2.57. The second kappa shape index (κ2) is 3.08. The van der Waals surface area contributed by atoms with E-state index in [9.17, 15) is 4.39 Å². The molecule has 0 radical (unpaired) electrons. The summed E-state index contributed by atoms with van der Waals surface area (Å²) in [6.45, 7) is 0.585. The van der Waals surface area contributed by atoms with Crippen LogP contribution in [0.3, 0.4) is 0 Å².